The Morgan fingerprint density at radius 3 is 2.62 bits per heavy atom. The minimum absolute atomic E-state index is 0.103. The molecular weight excluding hydrogens is 377 g/mol. The molecule has 2 N–H and O–H groups in total. The Morgan fingerprint density at radius 1 is 1.10 bits per heavy atom. The number of nitrogens with one attached hydrogen (secondary N) is 2. The second kappa shape index (κ2) is 8.55. The van der Waals surface area contributed by atoms with Gasteiger partial charge in [0.05, 0.1) is 5.56 Å². The number of rotatable bonds is 5. The van der Waals surface area contributed by atoms with Crippen molar-refractivity contribution in [1.82, 2.24) is 16.0 Å². The van der Waals surface area contributed by atoms with E-state index in [0.29, 0.717) is 5.75 Å². The highest BCUT2D eigenvalue weighted by atomic mass is 19.1. The quantitative estimate of drug-likeness (QED) is 0.644. The maximum atomic E-state index is 13.8. The summed E-state index contributed by atoms with van der Waals surface area (Å²) in [5.41, 5.74) is 6.56. The number of hydrogen-bond donors (Lipinski definition) is 2. The Bertz CT molecular complexity index is 1050. The van der Waals surface area contributed by atoms with Gasteiger partial charge in [-0.3, -0.25) is 20.4 Å². The standard InChI is InChI=1S/C21H20FN3O4/c1-12-7-6-10-18(13(12)2)28-14(3)20(26)23-24-21(27)17-11-19(29-25-17)15-8-4-5-9-16(15)22/h4-11,14H,1-3H3,(H,23,26)(H,24,27). The third-order valence-corrected chi connectivity index (χ3v) is 4.41. The summed E-state index contributed by atoms with van der Waals surface area (Å²) in [6.45, 7) is 5.41. The largest absolute Gasteiger partial charge is 0.481 e. The lowest BCUT2D eigenvalue weighted by Crippen LogP contribution is -2.47. The third kappa shape index (κ3) is 4.60. The maximum Gasteiger partial charge on any atom is 0.291 e. The topological polar surface area (TPSA) is 93.5 Å². The lowest BCUT2D eigenvalue weighted by molar-refractivity contribution is -0.128. The second-order valence-corrected chi connectivity index (χ2v) is 6.46. The predicted molar refractivity (Wildman–Crippen MR) is 104 cm³/mol. The number of aryl methyl sites for hydroxylation is 1. The molecule has 1 unspecified atom stereocenters. The smallest absolute Gasteiger partial charge is 0.291 e. The number of carbonyl (C=O) groups excluding carboxylic acids is 2. The SMILES string of the molecule is Cc1cccc(OC(C)C(=O)NNC(=O)c2cc(-c3ccccc3F)on2)c1C. The van der Waals surface area contributed by atoms with Crippen molar-refractivity contribution < 1.29 is 23.2 Å². The van der Waals surface area contributed by atoms with Crippen LogP contribution in [0.25, 0.3) is 11.3 Å². The van der Waals surface area contributed by atoms with Gasteiger partial charge < -0.3 is 9.26 Å². The minimum atomic E-state index is -0.845. The minimum Gasteiger partial charge on any atom is -0.481 e. The monoisotopic (exact) mass is 397 g/mol. The molecule has 0 aliphatic carbocycles. The number of benzene rings is 2. The molecule has 0 saturated carbocycles. The summed E-state index contributed by atoms with van der Waals surface area (Å²) in [7, 11) is 0. The molecule has 0 aliphatic rings. The summed E-state index contributed by atoms with van der Waals surface area (Å²) in [5, 5.41) is 3.61. The fourth-order valence-corrected chi connectivity index (χ4v) is 2.55. The number of hydrazine groups is 1. The van der Waals surface area contributed by atoms with E-state index in [4.69, 9.17) is 9.26 Å². The molecular formula is C21H20FN3O4. The molecule has 0 radical (unpaired) electrons. The Labute approximate surface area is 166 Å². The van der Waals surface area contributed by atoms with E-state index in [2.05, 4.69) is 16.0 Å². The summed E-state index contributed by atoms with van der Waals surface area (Å²) in [5.74, 6) is -1.06. The molecule has 0 aliphatic heterocycles. The van der Waals surface area contributed by atoms with Gasteiger partial charge >= 0.3 is 0 Å². The Kier molecular flexibility index (Phi) is 5.92. The van der Waals surface area contributed by atoms with E-state index in [1.165, 1.54) is 18.2 Å². The highest BCUT2D eigenvalue weighted by Gasteiger charge is 2.19. The number of ether oxygens (including phenoxy) is 1. The third-order valence-electron chi connectivity index (χ3n) is 4.41. The molecule has 1 aromatic heterocycles. The molecule has 0 saturated heterocycles. The fourth-order valence-electron chi connectivity index (χ4n) is 2.55. The van der Waals surface area contributed by atoms with E-state index in [1.54, 1.807) is 25.1 Å². The van der Waals surface area contributed by atoms with Gasteiger partial charge in [-0.2, -0.15) is 0 Å². The zero-order valence-electron chi connectivity index (χ0n) is 16.2. The van der Waals surface area contributed by atoms with Gasteiger partial charge in [-0.15, -0.1) is 0 Å². The molecule has 8 heteroatoms. The van der Waals surface area contributed by atoms with Crippen LogP contribution >= 0.6 is 0 Å². The van der Waals surface area contributed by atoms with Crippen molar-refractivity contribution in [3.05, 3.63) is 71.2 Å². The first-order chi connectivity index (χ1) is 13.9. The first kappa shape index (κ1) is 20.1. The Hall–Kier alpha value is -3.68. The predicted octanol–water partition coefficient (Wildman–Crippen LogP) is 3.33. The molecule has 2 amide bonds. The molecule has 3 rings (SSSR count). The van der Waals surface area contributed by atoms with Crippen LogP contribution in [0.15, 0.2) is 53.1 Å². The number of carbonyl (C=O) groups is 2. The molecule has 2 aromatic carbocycles. The van der Waals surface area contributed by atoms with E-state index >= 15 is 0 Å². The molecule has 150 valence electrons. The summed E-state index contributed by atoms with van der Waals surface area (Å²) < 4.78 is 24.5. The van der Waals surface area contributed by atoms with Crippen LogP contribution in [0.3, 0.4) is 0 Å². The van der Waals surface area contributed by atoms with Crippen LogP contribution in [0.5, 0.6) is 5.75 Å². The van der Waals surface area contributed by atoms with Gasteiger partial charge in [-0.1, -0.05) is 29.4 Å². The fraction of sp³-hybridized carbons (Fsp3) is 0.190. The lowest BCUT2D eigenvalue weighted by Gasteiger charge is -2.17. The average molecular weight is 397 g/mol. The van der Waals surface area contributed by atoms with Crippen molar-refractivity contribution in [1.29, 1.82) is 0 Å². The summed E-state index contributed by atoms with van der Waals surface area (Å²) in [6, 6.07) is 12.8. The van der Waals surface area contributed by atoms with E-state index in [-0.39, 0.29) is 17.0 Å². The van der Waals surface area contributed by atoms with Crippen molar-refractivity contribution in [3.8, 4) is 17.1 Å². The van der Waals surface area contributed by atoms with E-state index < -0.39 is 23.7 Å². The Morgan fingerprint density at radius 2 is 1.86 bits per heavy atom. The number of amides is 2. The van der Waals surface area contributed by atoms with Crippen LogP contribution in [0.4, 0.5) is 4.39 Å². The summed E-state index contributed by atoms with van der Waals surface area (Å²) in [6.07, 6.45) is -0.845. The van der Waals surface area contributed by atoms with Crippen molar-refractivity contribution >= 4 is 11.8 Å². The van der Waals surface area contributed by atoms with Gasteiger partial charge in [0.2, 0.25) is 0 Å². The molecule has 0 bridgehead atoms. The van der Waals surface area contributed by atoms with E-state index in [9.17, 15) is 14.0 Å². The molecule has 1 atom stereocenters. The maximum absolute atomic E-state index is 13.8. The normalized spacial score (nSPS) is 11.6. The first-order valence-corrected chi connectivity index (χ1v) is 8.91. The first-order valence-electron chi connectivity index (χ1n) is 8.91. The van der Waals surface area contributed by atoms with Gasteiger partial charge in [0.25, 0.3) is 11.8 Å². The summed E-state index contributed by atoms with van der Waals surface area (Å²) in [4.78, 5) is 24.4. The van der Waals surface area contributed by atoms with Gasteiger partial charge in [0, 0.05) is 6.07 Å². The average Bonchev–Trinajstić information content (AvgIpc) is 3.19. The van der Waals surface area contributed by atoms with Crippen molar-refractivity contribution in [2.24, 2.45) is 0 Å². The molecule has 7 nitrogen and oxygen atoms in total. The number of halogens is 1. The zero-order chi connectivity index (χ0) is 21.0. The second-order valence-electron chi connectivity index (χ2n) is 6.46. The Balaban J connectivity index is 1.58. The molecule has 29 heavy (non-hydrogen) atoms. The van der Waals surface area contributed by atoms with Crippen molar-refractivity contribution in [2.45, 2.75) is 26.9 Å². The van der Waals surface area contributed by atoms with Crippen LogP contribution in [0, 0.1) is 19.7 Å². The van der Waals surface area contributed by atoms with Crippen LogP contribution in [0.1, 0.15) is 28.5 Å². The van der Waals surface area contributed by atoms with Crippen LogP contribution in [-0.2, 0) is 4.79 Å². The number of aromatic nitrogens is 1. The molecule has 0 spiro atoms. The van der Waals surface area contributed by atoms with Crippen molar-refractivity contribution in [2.75, 3.05) is 0 Å². The highest BCUT2D eigenvalue weighted by molar-refractivity contribution is 5.94. The zero-order valence-corrected chi connectivity index (χ0v) is 16.2. The highest BCUT2D eigenvalue weighted by Crippen LogP contribution is 2.23. The van der Waals surface area contributed by atoms with Gasteiger partial charge in [-0.05, 0) is 50.1 Å². The lowest BCUT2D eigenvalue weighted by atomic mass is 10.1. The van der Waals surface area contributed by atoms with Gasteiger partial charge in [0.15, 0.2) is 17.6 Å². The van der Waals surface area contributed by atoms with Crippen LogP contribution < -0.4 is 15.6 Å². The molecule has 3 aromatic rings. The van der Waals surface area contributed by atoms with E-state index in [1.807, 2.05) is 26.0 Å². The van der Waals surface area contributed by atoms with Crippen LogP contribution in [0.2, 0.25) is 0 Å². The number of hydrogen-bond acceptors (Lipinski definition) is 5. The van der Waals surface area contributed by atoms with Crippen molar-refractivity contribution in [3.63, 3.8) is 0 Å². The summed E-state index contributed by atoms with van der Waals surface area (Å²) >= 11 is 0. The number of nitrogens with zero attached hydrogens (tertiary/aromatic N) is 1. The molecule has 0 fully saturated rings. The van der Waals surface area contributed by atoms with Crippen LogP contribution in [-0.4, -0.2) is 23.1 Å². The van der Waals surface area contributed by atoms with E-state index in [0.717, 1.165) is 11.1 Å². The van der Waals surface area contributed by atoms with Gasteiger partial charge in [-0.25, -0.2) is 4.39 Å². The molecule has 1 heterocycles. The van der Waals surface area contributed by atoms with Gasteiger partial charge in [0.1, 0.15) is 11.6 Å².